The number of benzene rings is 1. The minimum atomic E-state index is -0.0518. The van der Waals surface area contributed by atoms with E-state index in [9.17, 15) is 4.79 Å². The number of aromatic nitrogens is 1. The average molecular weight is 361 g/mol. The van der Waals surface area contributed by atoms with Gasteiger partial charge >= 0.3 is 6.03 Å². The van der Waals surface area contributed by atoms with Crippen molar-refractivity contribution in [3.05, 3.63) is 53.8 Å². The highest BCUT2D eigenvalue weighted by molar-refractivity contribution is 6.30. The monoisotopic (exact) mass is 360 g/mol. The Kier molecular flexibility index (Phi) is 5.95. The number of anilines is 1. The number of hydrogen-bond acceptors (Lipinski definition) is 4. The quantitative estimate of drug-likeness (QED) is 0.833. The molecule has 2 heterocycles. The van der Waals surface area contributed by atoms with Crippen LogP contribution in [-0.2, 0) is 0 Å². The molecule has 6 nitrogen and oxygen atoms in total. The van der Waals surface area contributed by atoms with Gasteiger partial charge in [0.05, 0.1) is 6.54 Å². The van der Waals surface area contributed by atoms with Gasteiger partial charge in [0.15, 0.2) is 0 Å². The Hall–Kier alpha value is -2.47. The molecule has 0 saturated carbocycles. The number of carbonyl (C=O) groups is 1. The van der Waals surface area contributed by atoms with Crippen molar-refractivity contribution in [2.75, 3.05) is 44.2 Å². The molecule has 3 rings (SSSR count). The molecule has 7 heteroatoms. The van der Waals surface area contributed by atoms with Crippen molar-refractivity contribution >= 4 is 23.3 Å². The van der Waals surface area contributed by atoms with Gasteiger partial charge in [0.2, 0.25) is 0 Å². The Balaban J connectivity index is 1.37. The van der Waals surface area contributed by atoms with Crippen molar-refractivity contribution in [3.63, 3.8) is 0 Å². The highest BCUT2D eigenvalue weighted by Gasteiger charge is 2.20. The molecule has 0 atom stereocenters. The molecule has 1 N–H and O–H groups in total. The average Bonchev–Trinajstić information content (AvgIpc) is 2.66. The van der Waals surface area contributed by atoms with Crippen LogP contribution in [0, 0.1) is 0 Å². The van der Waals surface area contributed by atoms with Gasteiger partial charge in [-0.15, -0.1) is 0 Å². The molecule has 1 aromatic heterocycles. The summed E-state index contributed by atoms with van der Waals surface area (Å²) in [5.74, 6) is 0.702. The number of halogens is 1. The Morgan fingerprint density at radius 3 is 2.64 bits per heavy atom. The Bertz CT molecular complexity index is 690. The van der Waals surface area contributed by atoms with E-state index < -0.39 is 0 Å². The zero-order valence-corrected chi connectivity index (χ0v) is 14.7. The Labute approximate surface area is 152 Å². The van der Waals surface area contributed by atoms with Crippen LogP contribution in [0.5, 0.6) is 5.75 Å². The second-order valence-corrected chi connectivity index (χ2v) is 6.15. The maximum Gasteiger partial charge on any atom is 0.317 e. The number of piperazine rings is 1. The molecular weight excluding hydrogens is 340 g/mol. The number of urea groups is 1. The van der Waals surface area contributed by atoms with E-state index >= 15 is 0 Å². The molecule has 0 radical (unpaired) electrons. The number of rotatable bonds is 5. The highest BCUT2D eigenvalue weighted by atomic mass is 35.5. The first-order valence-electron chi connectivity index (χ1n) is 8.28. The first-order chi connectivity index (χ1) is 12.2. The summed E-state index contributed by atoms with van der Waals surface area (Å²) in [6.07, 6.45) is 3.57. The molecule has 2 amide bonds. The van der Waals surface area contributed by atoms with E-state index in [2.05, 4.69) is 15.2 Å². The van der Waals surface area contributed by atoms with Gasteiger partial charge in [-0.3, -0.25) is 4.98 Å². The SMILES string of the molecule is O=C(NCCOc1cccc(Cl)c1)N1CCN(c2ccncc2)CC1. The topological polar surface area (TPSA) is 57.7 Å². The first kappa shape index (κ1) is 17.4. The van der Waals surface area contributed by atoms with Crippen LogP contribution in [0.1, 0.15) is 0 Å². The largest absolute Gasteiger partial charge is 0.492 e. The lowest BCUT2D eigenvalue weighted by Gasteiger charge is -2.36. The number of nitrogens with zero attached hydrogens (tertiary/aromatic N) is 3. The third-order valence-corrected chi connectivity index (χ3v) is 4.27. The van der Waals surface area contributed by atoms with Gasteiger partial charge in [0.25, 0.3) is 0 Å². The number of pyridine rings is 1. The molecule has 1 aromatic carbocycles. The minimum absolute atomic E-state index is 0.0518. The third kappa shape index (κ3) is 5.00. The normalized spacial score (nSPS) is 14.3. The summed E-state index contributed by atoms with van der Waals surface area (Å²) < 4.78 is 5.57. The van der Waals surface area contributed by atoms with Crippen LogP contribution in [-0.4, -0.2) is 55.2 Å². The van der Waals surface area contributed by atoms with E-state index in [1.165, 1.54) is 0 Å². The van der Waals surface area contributed by atoms with Crippen molar-refractivity contribution < 1.29 is 9.53 Å². The van der Waals surface area contributed by atoms with Crippen LogP contribution in [0.4, 0.5) is 10.5 Å². The molecule has 0 unspecified atom stereocenters. The fraction of sp³-hybridized carbons (Fsp3) is 0.333. The molecule has 0 bridgehead atoms. The van der Waals surface area contributed by atoms with E-state index in [4.69, 9.17) is 16.3 Å². The molecule has 25 heavy (non-hydrogen) atoms. The molecule has 2 aromatic rings. The summed E-state index contributed by atoms with van der Waals surface area (Å²) in [6.45, 7) is 3.89. The molecule has 0 aliphatic carbocycles. The van der Waals surface area contributed by atoms with Gasteiger partial charge in [0, 0.05) is 49.3 Å². The zero-order chi connectivity index (χ0) is 17.5. The fourth-order valence-corrected chi connectivity index (χ4v) is 2.90. The van der Waals surface area contributed by atoms with Gasteiger partial charge < -0.3 is 19.9 Å². The summed E-state index contributed by atoms with van der Waals surface area (Å²) in [7, 11) is 0. The van der Waals surface area contributed by atoms with Crippen molar-refractivity contribution in [1.29, 1.82) is 0 Å². The van der Waals surface area contributed by atoms with Gasteiger partial charge in [-0.05, 0) is 30.3 Å². The van der Waals surface area contributed by atoms with Crippen LogP contribution in [0.25, 0.3) is 0 Å². The molecular formula is C18H21ClN4O2. The van der Waals surface area contributed by atoms with E-state index in [0.29, 0.717) is 37.0 Å². The number of nitrogens with one attached hydrogen (secondary N) is 1. The van der Waals surface area contributed by atoms with Gasteiger partial charge in [-0.25, -0.2) is 4.79 Å². The smallest absolute Gasteiger partial charge is 0.317 e. The standard InChI is InChI=1S/C18H21ClN4O2/c19-15-2-1-3-17(14-15)25-13-8-21-18(24)23-11-9-22(10-12-23)16-4-6-20-7-5-16/h1-7,14H,8-13H2,(H,21,24). The van der Waals surface area contributed by atoms with E-state index in [0.717, 1.165) is 18.8 Å². The van der Waals surface area contributed by atoms with Crippen LogP contribution in [0.3, 0.4) is 0 Å². The fourth-order valence-electron chi connectivity index (χ4n) is 2.72. The number of amides is 2. The van der Waals surface area contributed by atoms with Gasteiger partial charge in [-0.1, -0.05) is 17.7 Å². The van der Waals surface area contributed by atoms with Crippen molar-refractivity contribution in [1.82, 2.24) is 15.2 Å². The van der Waals surface area contributed by atoms with Gasteiger partial charge in [-0.2, -0.15) is 0 Å². The molecule has 1 saturated heterocycles. The summed E-state index contributed by atoms with van der Waals surface area (Å²) in [4.78, 5) is 20.3. The molecule has 0 spiro atoms. The summed E-state index contributed by atoms with van der Waals surface area (Å²) >= 11 is 5.90. The van der Waals surface area contributed by atoms with Crippen LogP contribution in [0.15, 0.2) is 48.8 Å². The predicted octanol–water partition coefficient (Wildman–Crippen LogP) is 2.65. The number of ether oxygens (including phenoxy) is 1. The molecule has 1 aliphatic heterocycles. The first-order valence-corrected chi connectivity index (χ1v) is 8.66. The number of carbonyl (C=O) groups excluding carboxylic acids is 1. The van der Waals surface area contributed by atoms with Crippen molar-refractivity contribution in [2.45, 2.75) is 0 Å². The minimum Gasteiger partial charge on any atom is -0.492 e. The Morgan fingerprint density at radius 1 is 1.16 bits per heavy atom. The number of hydrogen-bond donors (Lipinski definition) is 1. The Morgan fingerprint density at radius 2 is 1.92 bits per heavy atom. The van der Waals surface area contributed by atoms with Crippen LogP contribution in [0.2, 0.25) is 5.02 Å². The maximum absolute atomic E-state index is 12.2. The molecule has 1 aliphatic rings. The lowest BCUT2D eigenvalue weighted by atomic mass is 10.3. The van der Waals surface area contributed by atoms with Crippen molar-refractivity contribution in [2.24, 2.45) is 0 Å². The summed E-state index contributed by atoms with van der Waals surface area (Å²) in [5, 5.41) is 3.53. The van der Waals surface area contributed by atoms with E-state index in [1.807, 2.05) is 29.2 Å². The maximum atomic E-state index is 12.2. The van der Waals surface area contributed by atoms with E-state index in [1.54, 1.807) is 24.5 Å². The van der Waals surface area contributed by atoms with E-state index in [-0.39, 0.29) is 6.03 Å². The van der Waals surface area contributed by atoms with Crippen LogP contribution >= 0.6 is 11.6 Å². The second kappa shape index (κ2) is 8.58. The molecule has 1 fully saturated rings. The lowest BCUT2D eigenvalue weighted by Crippen LogP contribution is -2.52. The predicted molar refractivity (Wildman–Crippen MR) is 98.4 cm³/mol. The lowest BCUT2D eigenvalue weighted by molar-refractivity contribution is 0.191. The highest BCUT2D eigenvalue weighted by Crippen LogP contribution is 2.17. The second-order valence-electron chi connectivity index (χ2n) is 5.72. The van der Waals surface area contributed by atoms with Gasteiger partial charge in [0.1, 0.15) is 12.4 Å². The summed E-state index contributed by atoms with van der Waals surface area (Å²) in [5.41, 5.74) is 1.14. The zero-order valence-electron chi connectivity index (χ0n) is 13.9. The van der Waals surface area contributed by atoms with Crippen LogP contribution < -0.4 is 15.0 Å². The van der Waals surface area contributed by atoms with Crippen molar-refractivity contribution in [3.8, 4) is 5.75 Å². The third-order valence-electron chi connectivity index (χ3n) is 4.04. The summed E-state index contributed by atoms with van der Waals surface area (Å²) in [6, 6.07) is 11.1. The molecule has 132 valence electrons.